The quantitative estimate of drug-likeness (QED) is 0.646. The van der Waals surface area contributed by atoms with Crippen molar-refractivity contribution in [2.24, 2.45) is 7.05 Å². The molecule has 0 aliphatic rings. The van der Waals surface area contributed by atoms with Crippen LogP contribution in [0.1, 0.15) is 5.82 Å². The number of ether oxygens (including phenoxy) is 1. The summed E-state index contributed by atoms with van der Waals surface area (Å²) in [5.41, 5.74) is -0.483. The van der Waals surface area contributed by atoms with Gasteiger partial charge in [0.05, 0.1) is 12.1 Å². The number of hydrogen-bond acceptors (Lipinski definition) is 3. The third-order valence-corrected chi connectivity index (χ3v) is 3.72. The number of pyridine rings is 1. The third-order valence-electron chi connectivity index (χ3n) is 3.72. The zero-order valence-corrected chi connectivity index (χ0v) is 13.3. The van der Waals surface area contributed by atoms with Crippen LogP contribution in [0.15, 0.2) is 41.3 Å². The smallest absolute Gasteiger partial charge is 0.426 e. The van der Waals surface area contributed by atoms with Gasteiger partial charge < -0.3 is 13.9 Å². The Balaban J connectivity index is 2.09. The molecule has 10 heteroatoms. The minimum absolute atomic E-state index is 0.0306. The predicted molar refractivity (Wildman–Crippen MR) is 82.1 cm³/mol. The van der Waals surface area contributed by atoms with Gasteiger partial charge in [0.1, 0.15) is 17.2 Å². The summed E-state index contributed by atoms with van der Waals surface area (Å²) < 4.78 is 71.7. The molecule has 1 aromatic carbocycles. The topological polar surface area (TPSA) is 49.0 Å². The van der Waals surface area contributed by atoms with Crippen LogP contribution in [-0.4, -0.2) is 26.7 Å². The van der Waals surface area contributed by atoms with E-state index < -0.39 is 24.1 Å². The van der Waals surface area contributed by atoms with Crippen molar-refractivity contribution in [2.75, 3.05) is 0 Å². The van der Waals surface area contributed by atoms with Crippen LogP contribution in [0.4, 0.5) is 22.0 Å². The summed E-state index contributed by atoms with van der Waals surface area (Å²) in [5.74, 6) is -1.54. The molecule has 0 N–H and O–H groups in total. The Labute approximate surface area is 143 Å². The fourth-order valence-electron chi connectivity index (χ4n) is 2.43. The van der Waals surface area contributed by atoms with Crippen molar-refractivity contribution in [3.05, 3.63) is 58.5 Å². The predicted octanol–water partition coefficient (Wildman–Crippen LogP) is 3.16. The summed E-state index contributed by atoms with van der Waals surface area (Å²) in [5, 5.41) is 0. The van der Waals surface area contributed by atoms with Gasteiger partial charge in [-0.15, -0.1) is 0 Å². The summed E-state index contributed by atoms with van der Waals surface area (Å²) in [6, 6.07) is 6.04. The van der Waals surface area contributed by atoms with Crippen molar-refractivity contribution in [1.82, 2.24) is 14.1 Å². The van der Waals surface area contributed by atoms with Crippen LogP contribution in [-0.2, 0) is 13.6 Å². The van der Waals surface area contributed by atoms with Gasteiger partial charge in [-0.3, -0.25) is 4.79 Å². The molecule has 3 rings (SSSR count). The van der Waals surface area contributed by atoms with Crippen LogP contribution in [0.3, 0.4) is 0 Å². The number of benzene rings is 1. The van der Waals surface area contributed by atoms with Gasteiger partial charge in [0.25, 0.3) is 5.56 Å². The molecule has 2 heterocycles. The van der Waals surface area contributed by atoms with E-state index in [1.54, 1.807) is 12.1 Å². The van der Waals surface area contributed by atoms with Crippen LogP contribution in [0.25, 0.3) is 11.0 Å². The molecule has 0 bridgehead atoms. The molecule has 138 valence electrons. The molecule has 26 heavy (non-hydrogen) atoms. The van der Waals surface area contributed by atoms with Crippen molar-refractivity contribution < 1.29 is 26.7 Å². The average Bonchev–Trinajstić information content (AvgIpc) is 2.86. The van der Waals surface area contributed by atoms with Crippen molar-refractivity contribution in [3.63, 3.8) is 0 Å². The Bertz CT molecular complexity index is 1010. The summed E-state index contributed by atoms with van der Waals surface area (Å²) in [6.07, 6.45) is -7.40. The molecule has 0 unspecified atom stereocenters. The van der Waals surface area contributed by atoms with Gasteiger partial charge in [-0.05, 0) is 6.07 Å². The van der Waals surface area contributed by atoms with Gasteiger partial charge in [-0.2, -0.15) is 17.6 Å². The van der Waals surface area contributed by atoms with E-state index in [-0.39, 0.29) is 29.0 Å². The molecule has 0 aliphatic carbocycles. The monoisotopic (exact) mass is 373 g/mol. The minimum Gasteiger partial charge on any atom is -0.426 e. The lowest BCUT2D eigenvalue weighted by molar-refractivity contribution is -0.252. The van der Waals surface area contributed by atoms with Gasteiger partial charge in [-0.1, -0.05) is 6.07 Å². The van der Waals surface area contributed by atoms with E-state index >= 15 is 0 Å². The molecule has 0 saturated heterocycles. The molecule has 0 fully saturated rings. The summed E-state index contributed by atoms with van der Waals surface area (Å²) in [7, 11) is 1.48. The highest BCUT2D eigenvalue weighted by Gasteiger charge is 2.44. The number of nitrogens with zero attached hydrogens (tertiary/aromatic N) is 3. The molecule has 2 aromatic heterocycles. The Hall–Kier alpha value is -2.91. The number of halogens is 5. The SMILES string of the molecule is Cn1c(Cn2ccccc2=O)nc2c(OC(F)(F)C(F)F)cc(F)cc21. The molecule has 3 aromatic rings. The van der Waals surface area contributed by atoms with Crippen molar-refractivity contribution in [3.8, 4) is 5.75 Å². The Morgan fingerprint density at radius 3 is 2.65 bits per heavy atom. The van der Waals surface area contributed by atoms with Gasteiger partial charge in [0.2, 0.25) is 0 Å². The molecular weight excluding hydrogens is 361 g/mol. The maximum absolute atomic E-state index is 13.7. The normalized spacial score (nSPS) is 12.1. The van der Waals surface area contributed by atoms with Crippen LogP contribution >= 0.6 is 0 Å². The molecule has 0 saturated carbocycles. The molecule has 0 amide bonds. The Kier molecular flexibility index (Phi) is 4.43. The number of aryl methyl sites for hydroxylation is 1. The maximum atomic E-state index is 13.7. The van der Waals surface area contributed by atoms with E-state index in [0.717, 1.165) is 6.07 Å². The summed E-state index contributed by atoms with van der Waals surface area (Å²) in [6.45, 7) is -0.0306. The molecule has 0 radical (unpaired) electrons. The summed E-state index contributed by atoms with van der Waals surface area (Å²) in [4.78, 5) is 15.9. The summed E-state index contributed by atoms with van der Waals surface area (Å²) >= 11 is 0. The average molecular weight is 373 g/mol. The second-order valence-electron chi connectivity index (χ2n) is 5.49. The largest absolute Gasteiger partial charge is 0.461 e. The number of alkyl halides is 4. The van der Waals surface area contributed by atoms with Crippen molar-refractivity contribution >= 4 is 11.0 Å². The number of fused-ring (bicyclic) bond motifs is 1. The van der Waals surface area contributed by atoms with E-state index in [0.29, 0.717) is 6.07 Å². The first-order valence-corrected chi connectivity index (χ1v) is 7.34. The van der Waals surface area contributed by atoms with Gasteiger partial charge in [0, 0.05) is 31.4 Å². The third kappa shape index (κ3) is 3.26. The number of rotatable bonds is 5. The zero-order chi connectivity index (χ0) is 19.1. The first kappa shape index (κ1) is 17.9. The second kappa shape index (κ2) is 6.43. The Morgan fingerprint density at radius 2 is 2.00 bits per heavy atom. The number of hydrogen-bond donors (Lipinski definition) is 0. The first-order chi connectivity index (χ1) is 12.2. The molecule has 0 aliphatic heterocycles. The van der Waals surface area contributed by atoms with Crippen LogP contribution in [0.5, 0.6) is 5.75 Å². The highest BCUT2D eigenvalue weighted by Crippen LogP contribution is 2.33. The van der Waals surface area contributed by atoms with E-state index in [1.165, 1.54) is 28.4 Å². The lowest BCUT2D eigenvalue weighted by atomic mass is 10.3. The van der Waals surface area contributed by atoms with Gasteiger partial charge in [0.15, 0.2) is 5.75 Å². The van der Waals surface area contributed by atoms with Gasteiger partial charge in [-0.25, -0.2) is 9.37 Å². The lowest BCUT2D eigenvalue weighted by Crippen LogP contribution is -2.33. The van der Waals surface area contributed by atoms with E-state index in [2.05, 4.69) is 9.72 Å². The molecule has 5 nitrogen and oxygen atoms in total. The van der Waals surface area contributed by atoms with Crippen LogP contribution in [0.2, 0.25) is 0 Å². The lowest BCUT2D eigenvalue weighted by Gasteiger charge is -2.17. The second-order valence-corrected chi connectivity index (χ2v) is 5.49. The van der Waals surface area contributed by atoms with E-state index in [4.69, 9.17) is 0 Å². The fraction of sp³-hybridized carbons (Fsp3) is 0.250. The zero-order valence-electron chi connectivity index (χ0n) is 13.3. The van der Waals surface area contributed by atoms with Gasteiger partial charge >= 0.3 is 12.5 Å². The maximum Gasteiger partial charge on any atom is 0.461 e. The number of imidazole rings is 1. The van der Waals surface area contributed by atoms with E-state index in [9.17, 15) is 26.7 Å². The van der Waals surface area contributed by atoms with E-state index in [1.807, 2.05) is 0 Å². The highest BCUT2D eigenvalue weighted by atomic mass is 19.3. The fourth-order valence-corrected chi connectivity index (χ4v) is 2.43. The number of aromatic nitrogens is 3. The van der Waals surface area contributed by atoms with Crippen molar-refractivity contribution in [1.29, 1.82) is 0 Å². The van der Waals surface area contributed by atoms with Crippen LogP contribution in [0, 0.1) is 5.82 Å². The molecular formula is C16H12F5N3O2. The first-order valence-electron chi connectivity index (χ1n) is 7.34. The highest BCUT2D eigenvalue weighted by molar-refractivity contribution is 5.82. The molecule has 0 spiro atoms. The minimum atomic E-state index is -4.80. The van der Waals surface area contributed by atoms with Crippen LogP contribution < -0.4 is 10.3 Å². The standard InChI is InChI=1S/C16H12F5N3O2/c1-23-10-6-9(17)7-11(26-16(20,21)15(18)19)14(10)22-12(23)8-24-5-3-2-4-13(24)25/h2-7,15H,8H2,1H3. The Morgan fingerprint density at radius 1 is 1.27 bits per heavy atom. The van der Waals surface area contributed by atoms with Crippen molar-refractivity contribution in [2.45, 2.75) is 19.1 Å². The molecule has 0 atom stereocenters.